The number of methoxy groups -OCH3 is 1. The minimum absolute atomic E-state index is 0.520. The molecule has 0 aliphatic rings. The Balaban J connectivity index is 2.06. The van der Waals surface area contributed by atoms with Crippen molar-refractivity contribution >= 4 is 0 Å². The molecule has 0 atom stereocenters. The zero-order valence-corrected chi connectivity index (χ0v) is 12.6. The van der Waals surface area contributed by atoms with Crippen LogP contribution in [0.25, 0.3) is 0 Å². The van der Waals surface area contributed by atoms with E-state index >= 15 is 0 Å². The summed E-state index contributed by atoms with van der Waals surface area (Å²) in [6, 6.07) is 14.4. The maximum Gasteiger partial charge on any atom is 0.125 e. The highest BCUT2D eigenvalue weighted by molar-refractivity contribution is 5.37. The summed E-state index contributed by atoms with van der Waals surface area (Å²) in [5.41, 5.74) is 3.60. The highest BCUT2D eigenvalue weighted by atomic mass is 16.5. The van der Waals surface area contributed by atoms with Crippen molar-refractivity contribution in [3.05, 3.63) is 59.2 Å². The van der Waals surface area contributed by atoms with Gasteiger partial charge in [-0.05, 0) is 42.7 Å². The first-order chi connectivity index (χ1) is 9.60. The van der Waals surface area contributed by atoms with E-state index < -0.39 is 0 Å². The van der Waals surface area contributed by atoms with Crippen LogP contribution >= 0.6 is 0 Å². The molecule has 2 aromatic rings. The van der Waals surface area contributed by atoms with Gasteiger partial charge in [-0.25, -0.2) is 0 Å². The van der Waals surface area contributed by atoms with Crippen molar-refractivity contribution in [1.82, 2.24) is 0 Å². The largest absolute Gasteiger partial charge is 0.496 e. The highest BCUT2D eigenvalue weighted by Gasteiger charge is 2.05. The minimum atomic E-state index is 0.520. The van der Waals surface area contributed by atoms with Crippen LogP contribution in [0.1, 0.15) is 36.5 Å². The van der Waals surface area contributed by atoms with Gasteiger partial charge in [0.15, 0.2) is 0 Å². The number of rotatable bonds is 5. The fourth-order valence-corrected chi connectivity index (χ4v) is 2.13. The van der Waals surface area contributed by atoms with E-state index in [2.05, 4.69) is 39.0 Å². The van der Waals surface area contributed by atoms with Crippen molar-refractivity contribution in [1.29, 1.82) is 0 Å². The Morgan fingerprint density at radius 2 is 1.70 bits per heavy atom. The maximum atomic E-state index is 5.84. The topological polar surface area (TPSA) is 18.5 Å². The Morgan fingerprint density at radius 1 is 1.00 bits per heavy atom. The SMILES string of the molecule is COc1ccc(C)cc1COc1ccc(C(C)C)cc1. The molecule has 0 N–H and O–H groups in total. The number of ether oxygens (including phenoxy) is 2. The number of hydrogen-bond donors (Lipinski definition) is 0. The summed E-state index contributed by atoms with van der Waals surface area (Å²) in [6.07, 6.45) is 0. The monoisotopic (exact) mass is 270 g/mol. The van der Waals surface area contributed by atoms with Crippen LogP contribution < -0.4 is 9.47 Å². The van der Waals surface area contributed by atoms with Gasteiger partial charge in [0.2, 0.25) is 0 Å². The van der Waals surface area contributed by atoms with Gasteiger partial charge in [-0.1, -0.05) is 37.6 Å². The zero-order valence-electron chi connectivity index (χ0n) is 12.6. The second-order valence-corrected chi connectivity index (χ2v) is 5.33. The van der Waals surface area contributed by atoms with Crippen LogP contribution in [0.15, 0.2) is 42.5 Å². The standard InChI is InChI=1S/C18H22O2/c1-13(2)15-6-8-17(9-7-15)20-12-16-11-14(3)5-10-18(16)19-4/h5-11,13H,12H2,1-4H3. The second-order valence-electron chi connectivity index (χ2n) is 5.33. The zero-order chi connectivity index (χ0) is 14.5. The lowest BCUT2D eigenvalue weighted by molar-refractivity contribution is 0.296. The fraction of sp³-hybridized carbons (Fsp3) is 0.333. The van der Waals surface area contributed by atoms with E-state index in [1.807, 2.05) is 24.3 Å². The molecule has 0 unspecified atom stereocenters. The molecule has 0 amide bonds. The summed E-state index contributed by atoms with van der Waals surface area (Å²) >= 11 is 0. The first-order valence-electron chi connectivity index (χ1n) is 6.96. The molecule has 0 aliphatic carbocycles. The molecule has 0 aliphatic heterocycles. The number of hydrogen-bond acceptors (Lipinski definition) is 2. The molecule has 2 rings (SSSR count). The van der Waals surface area contributed by atoms with Gasteiger partial charge in [0.05, 0.1) is 7.11 Å². The minimum Gasteiger partial charge on any atom is -0.496 e. The fourth-order valence-electron chi connectivity index (χ4n) is 2.13. The van der Waals surface area contributed by atoms with Gasteiger partial charge in [-0.3, -0.25) is 0 Å². The van der Waals surface area contributed by atoms with Crippen molar-refractivity contribution in [2.24, 2.45) is 0 Å². The van der Waals surface area contributed by atoms with Crippen molar-refractivity contribution in [2.45, 2.75) is 33.3 Å². The van der Waals surface area contributed by atoms with Gasteiger partial charge < -0.3 is 9.47 Å². The Morgan fingerprint density at radius 3 is 2.30 bits per heavy atom. The van der Waals surface area contributed by atoms with E-state index in [0.717, 1.165) is 17.1 Å². The molecule has 0 bridgehead atoms. The highest BCUT2D eigenvalue weighted by Crippen LogP contribution is 2.23. The predicted octanol–water partition coefficient (Wildman–Crippen LogP) is 4.71. The molecule has 20 heavy (non-hydrogen) atoms. The van der Waals surface area contributed by atoms with Crippen LogP contribution in [0.3, 0.4) is 0 Å². The lowest BCUT2D eigenvalue weighted by Gasteiger charge is -2.12. The third kappa shape index (κ3) is 3.53. The molecular formula is C18H22O2. The maximum absolute atomic E-state index is 5.84. The Labute approximate surface area is 121 Å². The van der Waals surface area contributed by atoms with Gasteiger partial charge in [0.1, 0.15) is 18.1 Å². The van der Waals surface area contributed by atoms with Gasteiger partial charge >= 0.3 is 0 Å². The Bertz CT molecular complexity index is 556. The molecule has 0 spiro atoms. The van der Waals surface area contributed by atoms with Crippen LogP contribution in [0.4, 0.5) is 0 Å². The normalized spacial score (nSPS) is 10.7. The smallest absolute Gasteiger partial charge is 0.125 e. The molecule has 0 saturated heterocycles. The van der Waals surface area contributed by atoms with Crippen LogP contribution in [0.5, 0.6) is 11.5 Å². The summed E-state index contributed by atoms with van der Waals surface area (Å²) in [4.78, 5) is 0. The lowest BCUT2D eigenvalue weighted by Crippen LogP contribution is -1.99. The first-order valence-corrected chi connectivity index (χ1v) is 6.96. The van der Waals surface area contributed by atoms with E-state index in [4.69, 9.17) is 9.47 Å². The molecule has 0 radical (unpaired) electrons. The molecule has 0 heterocycles. The average molecular weight is 270 g/mol. The molecule has 2 aromatic carbocycles. The van der Waals surface area contributed by atoms with E-state index in [1.165, 1.54) is 11.1 Å². The molecule has 2 heteroatoms. The molecule has 0 aromatic heterocycles. The van der Waals surface area contributed by atoms with Gasteiger partial charge in [0.25, 0.3) is 0 Å². The van der Waals surface area contributed by atoms with Crippen molar-refractivity contribution in [3.63, 3.8) is 0 Å². The Kier molecular flexibility index (Phi) is 4.67. The van der Waals surface area contributed by atoms with Gasteiger partial charge in [-0.2, -0.15) is 0 Å². The predicted molar refractivity (Wildman–Crippen MR) is 82.6 cm³/mol. The van der Waals surface area contributed by atoms with E-state index in [-0.39, 0.29) is 0 Å². The number of benzene rings is 2. The molecule has 0 fully saturated rings. The van der Waals surface area contributed by atoms with Crippen LogP contribution in [0.2, 0.25) is 0 Å². The van der Waals surface area contributed by atoms with E-state index in [1.54, 1.807) is 7.11 Å². The van der Waals surface area contributed by atoms with Crippen molar-refractivity contribution in [2.75, 3.05) is 7.11 Å². The van der Waals surface area contributed by atoms with Crippen LogP contribution in [-0.2, 0) is 6.61 Å². The summed E-state index contributed by atoms with van der Waals surface area (Å²) in [7, 11) is 1.69. The lowest BCUT2D eigenvalue weighted by atomic mass is 10.0. The molecular weight excluding hydrogens is 248 g/mol. The van der Waals surface area contributed by atoms with E-state index in [0.29, 0.717) is 12.5 Å². The molecule has 2 nitrogen and oxygen atoms in total. The van der Waals surface area contributed by atoms with Crippen LogP contribution in [0, 0.1) is 6.92 Å². The Hall–Kier alpha value is -1.96. The number of aryl methyl sites for hydroxylation is 1. The van der Waals surface area contributed by atoms with Crippen LogP contribution in [-0.4, -0.2) is 7.11 Å². The molecule has 0 saturated carbocycles. The molecule has 106 valence electrons. The van der Waals surface area contributed by atoms with Gasteiger partial charge in [0, 0.05) is 5.56 Å². The average Bonchev–Trinajstić information content (AvgIpc) is 2.45. The van der Waals surface area contributed by atoms with Crippen molar-refractivity contribution in [3.8, 4) is 11.5 Å². The second kappa shape index (κ2) is 6.47. The third-order valence-corrected chi connectivity index (χ3v) is 3.38. The van der Waals surface area contributed by atoms with Crippen molar-refractivity contribution < 1.29 is 9.47 Å². The quantitative estimate of drug-likeness (QED) is 0.783. The van der Waals surface area contributed by atoms with E-state index in [9.17, 15) is 0 Å². The third-order valence-electron chi connectivity index (χ3n) is 3.38. The first kappa shape index (κ1) is 14.4. The summed E-state index contributed by atoms with van der Waals surface area (Å²) in [5, 5.41) is 0. The summed E-state index contributed by atoms with van der Waals surface area (Å²) < 4.78 is 11.2. The van der Waals surface area contributed by atoms with Gasteiger partial charge in [-0.15, -0.1) is 0 Å². The summed E-state index contributed by atoms with van der Waals surface area (Å²) in [5.74, 6) is 2.30. The summed E-state index contributed by atoms with van der Waals surface area (Å²) in [6.45, 7) is 6.97.